The number of allylic oxidation sites excluding steroid dienone is 4. The molecular formula is C28H47N3O7S. The van der Waals surface area contributed by atoms with Gasteiger partial charge in [-0.25, -0.2) is 0 Å². The average Bonchev–Trinajstić information content (AvgIpc) is 2.90. The predicted molar refractivity (Wildman–Crippen MR) is 154 cm³/mol. The SMILES string of the molecule is CCCCC/C=C/C/C=C/CCCCCCCC(=O)SC[C@H](NC(=O)CC[C@H](N)C(=O)O)C(=O)NCC(=O)O. The first-order valence-corrected chi connectivity index (χ1v) is 14.9. The van der Waals surface area contributed by atoms with Crippen LogP contribution in [0.4, 0.5) is 0 Å². The van der Waals surface area contributed by atoms with E-state index in [4.69, 9.17) is 15.9 Å². The number of unbranched alkanes of at least 4 members (excludes halogenated alkanes) is 8. The molecule has 0 radical (unpaired) electrons. The van der Waals surface area contributed by atoms with Gasteiger partial charge in [-0.2, -0.15) is 0 Å². The molecule has 2 amide bonds. The lowest BCUT2D eigenvalue weighted by atomic mass is 10.1. The van der Waals surface area contributed by atoms with Crippen molar-refractivity contribution >= 4 is 40.6 Å². The van der Waals surface area contributed by atoms with Crippen LogP contribution < -0.4 is 16.4 Å². The molecule has 11 heteroatoms. The second-order valence-corrected chi connectivity index (χ2v) is 10.5. The Morgan fingerprint density at radius 2 is 1.46 bits per heavy atom. The highest BCUT2D eigenvalue weighted by Crippen LogP contribution is 2.14. The molecule has 0 saturated carbocycles. The number of carboxylic acid groups (broad SMARTS) is 2. The molecule has 0 aliphatic heterocycles. The van der Waals surface area contributed by atoms with E-state index in [0.29, 0.717) is 6.42 Å². The summed E-state index contributed by atoms with van der Waals surface area (Å²) in [4.78, 5) is 58.3. The number of nitrogens with one attached hydrogen (secondary N) is 2. The zero-order valence-corrected chi connectivity index (χ0v) is 24.0. The fourth-order valence-corrected chi connectivity index (χ4v) is 4.35. The minimum absolute atomic E-state index is 0.0543. The first-order valence-electron chi connectivity index (χ1n) is 13.9. The summed E-state index contributed by atoms with van der Waals surface area (Å²) in [6.07, 6.45) is 20.8. The van der Waals surface area contributed by atoms with Crippen LogP contribution in [0.1, 0.15) is 96.8 Å². The van der Waals surface area contributed by atoms with Gasteiger partial charge in [0.2, 0.25) is 11.8 Å². The van der Waals surface area contributed by atoms with E-state index in [9.17, 15) is 24.0 Å². The fourth-order valence-electron chi connectivity index (χ4n) is 3.47. The van der Waals surface area contributed by atoms with Crippen LogP contribution in [-0.4, -0.2) is 63.5 Å². The quantitative estimate of drug-likeness (QED) is 0.0851. The number of hydrogen-bond acceptors (Lipinski definition) is 7. The normalized spacial score (nSPS) is 12.9. The smallest absolute Gasteiger partial charge is 0.322 e. The van der Waals surface area contributed by atoms with Crippen molar-refractivity contribution in [3.63, 3.8) is 0 Å². The predicted octanol–water partition coefficient (Wildman–Crippen LogP) is 3.94. The highest BCUT2D eigenvalue weighted by molar-refractivity contribution is 8.13. The number of aliphatic carboxylic acids is 2. The average molecular weight is 570 g/mol. The topological polar surface area (TPSA) is 176 Å². The van der Waals surface area contributed by atoms with E-state index in [1.165, 1.54) is 19.3 Å². The zero-order valence-electron chi connectivity index (χ0n) is 23.2. The third-order valence-electron chi connectivity index (χ3n) is 5.81. The van der Waals surface area contributed by atoms with Crippen molar-refractivity contribution in [3.8, 4) is 0 Å². The van der Waals surface area contributed by atoms with Gasteiger partial charge >= 0.3 is 11.9 Å². The number of hydrogen-bond donors (Lipinski definition) is 5. The number of carbonyl (C=O) groups is 5. The molecule has 0 fully saturated rings. The van der Waals surface area contributed by atoms with E-state index in [-0.39, 0.29) is 23.7 Å². The lowest BCUT2D eigenvalue weighted by Gasteiger charge is -2.18. The van der Waals surface area contributed by atoms with Gasteiger partial charge < -0.3 is 26.6 Å². The maximum atomic E-state index is 12.3. The molecule has 0 spiro atoms. The molecule has 222 valence electrons. The maximum Gasteiger partial charge on any atom is 0.322 e. The Morgan fingerprint density at radius 3 is 2.08 bits per heavy atom. The van der Waals surface area contributed by atoms with Crippen LogP contribution in [0.5, 0.6) is 0 Å². The Morgan fingerprint density at radius 1 is 0.846 bits per heavy atom. The Hall–Kier alpha value is -2.66. The molecule has 0 saturated heterocycles. The molecule has 0 heterocycles. The number of thioether (sulfide) groups is 1. The molecule has 0 aliphatic carbocycles. The van der Waals surface area contributed by atoms with E-state index in [1.54, 1.807) is 0 Å². The molecule has 0 unspecified atom stereocenters. The van der Waals surface area contributed by atoms with Gasteiger partial charge in [0.15, 0.2) is 5.12 Å². The van der Waals surface area contributed by atoms with Crippen molar-refractivity contribution in [1.29, 1.82) is 0 Å². The molecule has 2 atom stereocenters. The van der Waals surface area contributed by atoms with Crippen LogP contribution >= 0.6 is 11.8 Å². The lowest BCUT2D eigenvalue weighted by molar-refractivity contribution is -0.139. The number of amides is 2. The van der Waals surface area contributed by atoms with Crippen molar-refractivity contribution in [2.45, 2.75) is 109 Å². The zero-order chi connectivity index (χ0) is 29.3. The number of carboxylic acids is 2. The fraction of sp³-hybridized carbons (Fsp3) is 0.679. The minimum Gasteiger partial charge on any atom is -0.480 e. The highest BCUT2D eigenvalue weighted by Gasteiger charge is 2.23. The van der Waals surface area contributed by atoms with Crippen LogP contribution in [-0.2, 0) is 24.0 Å². The second kappa shape index (κ2) is 24.4. The van der Waals surface area contributed by atoms with Crippen LogP contribution in [0.3, 0.4) is 0 Å². The van der Waals surface area contributed by atoms with Gasteiger partial charge in [0.05, 0.1) is 0 Å². The van der Waals surface area contributed by atoms with Gasteiger partial charge in [0.25, 0.3) is 0 Å². The summed E-state index contributed by atoms with van der Waals surface area (Å²) in [5.41, 5.74) is 5.39. The van der Waals surface area contributed by atoms with Crippen LogP contribution in [0, 0.1) is 0 Å². The third kappa shape index (κ3) is 23.0. The molecule has 0 aliphatic rings. The first kappa shape index (κ1) is 36.3. The summed E-state index contributed by atoms with van der Waals surface area (Å²) in [6, 6.07) is -2.34. The highest BCUT2D eigenvalue weighted by atomic mass is 32.2. The molecule has 0 aromatic carbocycles. The summed E-state index contributed by atoms with van der Waals surface area (Å²) in [7, 11) is 0. The second-order valence-electron chi connectivity index (χ2n) is 9.38. The summed E-state index contributed by atoms with van der Waals surface area (Å²) in [5.74, 6) is -3.88. The molecule has 0 rings (SSSR count). The van der Waals surface area contributed by atoms with Gasteiger partial charge in [-0.15, -0.1) is 0 Å². The van der Waals surface area contributed by atoms with Gasteiger partial charge in [0.1, 0.15) is 18.6 Å². The van der Waals surface area contributed by atoms with E-state index in [0.717, 1.165) is 63.1 Å². The summed E-state index contributed by atoms with van der Waals surface area (Å²) >= 11 is 0.910. The van der Waals surface area contributed by atoms with Crippen molar-refractivity contribution in [3.05, 3.63) is 24.3 Å². The molecule has 6 N–H and O–H groups in total. The van der Waals surface area contributed by atoms with Gasteiger partial charge in [-0.1, -0.05) is 75.1 Å². The summed E-state index contributed by atoms with van der Waals surface area (Å²) in [5, 5.41) is 22.1. The Balaban J connectivity index is 4.18. The van der Waals surface area contributed by atoms with Gasteiger partial charge in [-0.3, -0.25) is 24.0 Å². The third-order valence-corrected chi connectivity index (χ3v) is 6.83. The number of nitrogens with two attached hydrogens (primary N) is 1. The Labute approximate surface area is 236 Å². The largest absolute Gasteiger partial charge is 0.480 e. The standard InChI is InChI=1S/C28H47N3O7S/c1-2-3-4-5-6-7-8-9-10-11-12-13-14-15-16-17-26(35)39-21-23(27(36)30-20-25(33)34)31-24(32)19-18-22(29)28(37)38/h6-7,9-10,22-23H,2-5,8,11-21,29H2,1H3,(H,30,36)(H,31,32)(H,33,34)(H,37,38)/b7-6+,10-9+/t22-,23-/m0/s1. The molecule has 0 bridgehead atoms. The van der Waals surface area contributed by atoms with E-state index in [1.807, 2.05) is 0 Å². The van der Waals surface area contributed by atoms with Crippen molar-refractivity contribution in [1.82, 2.24) is 10.6 Å². The minimum atomic E-state index is -1.24. The van der Waals surface area contributed by atoms with E-state index < -0.39 is 42.4 Å². The van der Waals surface area contributed by atoms with Crippen molar-refractivity contribution < 1.29 is 34.2 Å². The summed E-state index contributed by atoms with van der Waals surface area (Å²) in [6.45, 7) is 1.58. The molecule has 0 aromatic heterocycles. The Kier molecular flexibility index (Phi) is 22.7. The first-order chi connectivity index (χ1) is 18.7. The van der Waals surface area contributed by atoms with E-state index in [2.05, 4.69) is 41.9 Å². The molecule has 10 nitrogen and oxygen atoms in total. The van der Waals surface area contributed by atoms with Crippen molar-refractivity contribution in [2.75, 3.05) is 12.3 Å². The van der Waals surface area contributed by atoms with E-state index >= 15 is 0 Å². The lowest BCUT2D eigenvalue weighted by Crippen LogP contribution is -2.49. The van der Waals surface area contributed by atoms with Gasteiger partial charge in [0, 0.05) is 18.6 Å². The summed E-state index contributed by atoms with van der Waals surface area (Å²) < 4.78 is 0. The van der Waals surface area contributed by atoms with Crippen LogP contribution in [0.25, 0.3) is 0 Å². The van der Waals surface area contributed by atoms with Crippen molar-refractivity contribution in [2.24, 2.45) is 5.73 Å². The van der Waals surface area contributed by atoms with Crippen LogP contribution in [0.2, 0.25) is 0 Å². The number of rotatable bonds is 24. The maximum absolute atomic E-state index is 12.3. The Bertz CT molecular complexity index is 802. The monoisotopic (exact) mass is 569 g/mol. The van der Waals surface area contributed by atoms with Crippen LogP contribution in [0.15, 0.2) is 24.3 Å². The molecule has 0 aromatic rings. The number of carbonyl (C=O) groups excluding carboxylic acids is 3. The molecular weight excluding hydrogens is 522 g/mol. The molecule has 39 heavy (non-hydrogen) atoms. The van der Waals surface area contributed by atoms with Gasteiger partial charge in [-0.05, 0) is 44.9 Å².